The fraction of sp³-hybridized carbons (Fsp3) is 0.571. The molecule has 0 saturated heterocycles. The second-order valence-electron chi connectivity index (χ2n) is 5.32. The molecule has 4 heteroatoms. The number of halogens is 3. The first kappa shape index (κ1) is 13.4. The lowest BCUT2D eigenvalue weighted by atomic mass is 9.94. The van der Waals surface area contributed by atoms with Crippen molar-refractivity contribution in [2.45, 2.75) is 33.0 Å². The zero-order valence-electron chi connectivity index (χ0n) is 10.7. The van der Waals surface area contributed by atoms with Gasteiger partial charge in [-0.15, -0.1) is 0 Å². The van der Waals surface area contributed by atoms with Gasteiger partial charge in [-0.25, -0.2) is 0 Å². The van der Waals surface area contributed by atoms with Gasteiger partial charge in [-0.2, -0.15) is 13.2 Å². The van der Waals surface area contributed by atoms with E-state index in [4.69, 9.17) is 0 Å². The molecule has 0 spiro atoms. The van der Waals surface area contributed by atoms with E-state index in [0.29, 0.717) is 24.4 Å². The standard InChI is InChI=1S/C14H18F3N/c1-10(2)8-18-7-6-11-4-3-5-13(12(11)9-18)14(15,16)17/h3-5,10H,6-9H2,1-2H3. The second kappa shape index (κ2) is 4.92. The van der Waals surface area contributed by atoms with Crippen LogP contribution in [0.2, 0.25) is 0 Å². The summed E-state index contributed by atoms with van der Waals surface area (Å²) in [5, 5.41) is 0. The van der Waals surface area contributed by atoms with E-state index in [1.807, 2.05) is 6.07 Å². The van der Waals surface area contributed by atoms with Gasteiger partial charge < -0.3 is 0 Å². The van der Waals surface area contributed by atoms with Crippen LogP contribution in [0.15, 0.2) is 18.2 Å². The zero-order chi connectivity index (χ0) is 13.3. The molecule has 1 aromatic rings. The first-order valence-corrected chi connectivity index (χ1v) is 6.28. The number of nitrogens with zero attached hydrogens (tertiary/aromatic N) is 1. The highest BCUT2D eigenvalue weighted by Gasteiger charge is 2.35. The summed E-state index contributed by atoms with van der Waals surface area (Å²) < 4.78 is 38.8. The van der Waals surface area contributed by atoms with Crippen LogP contribution >= 0.6 is 0 Å². The summed E-state index contributed by atoms with van der Waals surface area (Å²) in [6.07, 6.45) is -3.53. The molecule has 1 heterocycles. The number of alkyl halides is 3. The van der Waals surface area contributed by atoms with E-state index in [2.05, 4.69) is 18.7 Å². The van der Waals surface area contributed by atoms with Crippen molar-refractivity contribution in [3.8, 4) is 0 Å². The lowest BCUT2D eigenvalue weighted by molar-refractivity contribution is -0.138. The Morgan fingerprint density at radius 2 is 2.00 bits per heavy atom. The summed E-state index contributed by atoms with van der Waals surface area (Å²) in [5.41, 5.74) is 0.857. The summed E-state index contributed by atoms with van der Waals surface area (Å²) in [6, 6.07) is 4.52. The lowest BCUT2D eigenvalue weighted by Gasteiger charge is -2.31. The van der Waals surface area contributed by atoms with Crippen molar-refractivity contribution in [2.24, 2.45) is 5.92 Å². The van der Waals surface area contributed by atoms with Gasteiger partial charge in [0, 0.05) is 19.6 Å². The topological polar surface area (TPSA) is 3.24 Å². The molecule has 1 aliphatic rings. The third-order valence-corrected chi connectivity index (χ3v) is 3.28. The summed E-state index contributed by atoms with van der Waals surface area (Å²) in [5.74, 6) is 0.476. The van der Waals surface area contributed by atoms with Gasteiger partial charge in [0.1, 0.15) is 0 Å². The maximum absolute atomic E-state index is 12.9. The zero-order valence-corrected chi connectivity index (χ0v) is 10.7. The van der Waals surface area contributed by atoms with Crippen LogP contribution in [-0.2, 0) is 19.1 Å². The highest BCUT2D eigenvalue weighted by molar-refractivity contribution is 5.38. The van der Waals surface area contributed by atoms with Crippen LogP contribution in [0.4, 0.5) is 13.2 Å². The first-order chi connectivity index (χ1) is 8.38. The van der Waals surface area contributed by atoms with Crippen molar-refractivity contribution in [2.75, 3.05) is 13.1 Å². The molecule has 100 valence electrons. The van der Waals surface area contributed by atoms with Gasteiger partial charge in [-0.3, -0.25) is 4.90 Å². The molecule has 0 amide bonds. The van der Waals surface area contributed by atoms with E-state index in [1.165, 1.54) is 12.1 Å². The number of hydrogen-bond donors (Lipinski definition) is 0. The average Bonchev–Trinajstić information content (AvgIpc) is 2.26. The Kier molecular flexibility index (Phi) is 3.66. The Bertz CT molecular complexity index is 424. The Morgan fingerprint density at radius 3 is 2.61 bits per heavy atom. The van der Waals surface area contributed by atoms with Crippen LogP contribution in [0.5, 0.6) is 0 Å². The van der Waals surface area contributed by atoms with Gasteiger partial charge in [-0.05, 0) is 29.5 Å². The SMILES string of the molecule is CC(C)CN1CCc2cccc(C(F)(F)F)c2C1. The summed E-state index contributed by atoms with van der Waals surface area (Å²) >= 11 is 0. The first-order valence-electron chi connectivity index (χ1n) is 6.28. The minimum atomic E-state index is -4.24. The fourth-order valence-electron chi connectivity index (χ4n) is 2.57. The van der Waals surface area contributed by atoms with Crippen molar-refractivity contribution < 1.29 is 13.2 Å². The van der Waals surface area contributed by atoms with E-state index in [-0.39, 0.29) is 0 Å². The smallest absolute Gasteiger partial charge is 0.298 e. The number of rotatable bonds is 2. The molecular weight excluding hydrogens is 239 g/mol. The van der Waals surface area contributed by atoms with Gasteiger partial charge in [0.05, 0.1) is 5.56 Å². The summed E-state index contributed by atoms with van der Waals surface area (Å²) in [4.78, 5) is 2.11. The third kappa shape index (κ3) is 2.86. The Hall–Kier alpha value is -1.03. The Balaban J connectivity index is 2.29. The van der Waals surface area contributed by atoms with Crippen LogP contribution in [0.25, 0.3) is 0 Å². The quantitative estimate of drug-likeness (QED) is 0.780. The molecule has 1 aromatic carbocycles. The molecule has 0 N–H and O–H groups in total. The van der Waals surface area contributed by atoms with Crippen LogP contribution in [0.3, 0.4) is 0 Å². The number of fused-ring (bicyclic) bond motifs is 1. The van der Waals surface area contributed by atoms with E-state index in [9.17, 15) is 13.2 Å². The molecule has 2 rings (SSSR count). The van der Waals surface area contributed by atoms with Gasteiger partial charge in [-0.1, -0.05) is 26.0 Å². The van der Waals surface area contributed by atoms with Gasteiger partial charge in [0.25, 0.3) is 0 Å². The van der Waals surface area contributed by atoms with Gasteiger partial charge >= 0.3 is 6.18 Å². The molecule has 0 fully saturated rings. The van der Waals surface area contributed by atoms with Crippen molar-refractivity contribution >= 4 is 0 Å². The van der Waals surface area contributed by atoms with E-state index < -0.39 is 11.7 Å². The lowest BCUT2D eigenvalue weighted by Crippen LogP contribution is -2.34. The van der Waals surface area contributed by atoms with Crippen LogP contribution in [-0.4, -0.2) is 18.0 Å². The third-order valence-electron chi connectivity index (χ3n) is 3.28. The second-order valence-corrected chi connectivity index (χ2v) is 5.32. The molecule has 0 aromatic heterocycles. The predicted molar refractivity (Wildman–Crippen MR) is 65.3 cm³/mol. The monoisotopic (exact) mass is 257 g/mol. The number of benzene rings is 1. The van der Waals surface area contributed by atoms with E-state index >= 15 is 0 Å². The Labute approximate surface area is 106 Å². The molecular formula is C14H18F3N. The minimum Gasteiger partial charge on any atom is -0.298 e. The summed E-state index contributed by atoms with van der Waals surface area (Å²) in [6.45, 7) is 6.30. The van der Waals surface area contributed by atoms with Crippen LogP contribution < -0.4 is 0 Å². The molecule has 18 heavy (non-hydrogen) atoms. The largest absolute Gasteiger partial charge is 0.416 e. The normalized spacial score (nSPS) is 17.0. The van der Waals surface area contributed by atoms with Crippen molar-refractivity contribution in [3.63, 3.8) is 0 Å². The predicted octanol–water partition coefficient (Wildman–Crippen LogP) is 3.72. The minimum absolute atomic E-state index is 0.420. The summed E-state index contributed by atoms with van der Waals surface area (Å²) in [7, 11) is 0. The number of hydrogen-bond acceptors (Lipinski definition) is 1. The van der Waals surface area contributed by atoms with E-state index in [1.54, 1.807) is 0 Å². The van der Waals surface area contributed by atoms with Gasteiger partial charge in [0.15, 0.2) is 0 Å². The maximum Gasteiger partial charge on any atom is 0.416 e. The van der Waals surface area contributed by atoms with Crippen molar-refractivity contribution in [3.05, 3.63) is 34.9 Å². The molecule has 0 atom stereocenters. The average molecular weight is 257 g/mol. The highest BCUT2D eigenvalue weighted by Crippen LogP contribution is 2.35. The molecule has 0 saturated carbocycles. The van der Waals surface area contributed by atoms with Crippen molar-refractivity contribution in [1.82, 2.24) is 4.90 Å². The van der Waals surface area contributed by atoms with Crippen LogP contribution in [0.1, 0.15) is 30.5 Å². The molecule has 1 aliphatic heterocycles. The Morgan fingerprint density at radius 1 is 1.28 bits per heavy atom. The highest BCUT2D eigenvalue weighted by atomic mass is 19.4. The maximum atomic E-state index is 12.9. The molecule has 0 bridgehead atoms. The molecule has 0 radical (unpaired) electrons. The van der Waals surface area contributed by atoms with Gasteiger partial charge in [0.2, 0.25) is 0 Å². The van der Waals surface area contributed by atoms with Crippen LogP contribution in [0, 0.1) is 5.92 Å². The molecule has 0 unspecified atom stereocenters. The molecule has 1 nitrogen and oxygen atoms in total. The van der Waals surface area contributed by atoms with Crippen molar-refractivity contribution in [1.29, 1.82) is 0 Å². The fourth-order valence-corrected chi connectivity index (χ4v) is 2.57. The molecule has 0 aliphatic carbocycles. The van der Waals surface area contributed by atoms with E-state index in [0.717, 1.165) is 18.7 Å².